The number of fused-ring (bicyclic) bond motifs is 1. The highest BCUT2D eigenvalue weighted by Gasteiger charge is 2.16. The van der Waals surface area contributed by atoms with Crippen LogP contribution in [0.2, 0.25) is 0 Å². The molecule has 0 aliphatic carbocycles. The number of halogens is 1. The second-order valence-corrected chi connectivity index (χ2v) is 3.61. The highest BCUT2D eigenvalue weighted by Crippen LogP contribution is 2.23. The Morgan fingerprint density at radius 3 is 3.27 bits per heavy atom. The lowest BCUT2D eigenvalue weighted by atomic mass is 10.3. The van der Waals surface area contributed by atoms with Crippen LogP contribution >= 0.6 is 22.6 Å². The lowest BCUT2D eigenvalue weighted by molar-refractivity contribution is 0.940. The predicted octanol–water partition coefficient (Wildman–Crippen LogP) is 1.07. The Labute approximate surface area is 79.0 Å². The summed E-state index contributed by atoms with van der Waals surface area (Å²) in [5.74, 6) is 0. The van der Waals surface area contributed by atoms with Gasteiger partial charge in [0.1, 0.15) is 0 Å². The molecule has 1 aliphatic heterocycles. The second-order valence-electron chi connectivity index (χ2n) is 2.64. The summed E-state index contributed by atoms with van der Waals surface area (Å²) >= 11 is 2.14. The molecule has 2 heterocycles. The Balaban J connectivity index is 2.50. The Morgan fingerprint density at radius 2 is 2.45 bits per heavy atom. The van der Waals surface area contributed by atoms with Gasteiger partial charge in [-0.05, 0) is 0 Å². The molecule has 4 heteroatoms. The number of aromatic nitrogens is 2. The van der Waals surface area contributed by atoms with Gasteiger partial charge in [-0.3, -0.25) is 0 Å². The molecule has 0 aromatic carbocycles. The van der Waals surface area contributed by atoms with Crippen molar-refractivity contribution in [2.45, 2.75) is 6.42 Å². The zero-order valence-electron chi connectivity index (χ0n) is 6.21. The summed E-state index contributed by atoms with van der Waals surface area (Å²) in [6, 6.07) is 0. The van der Waals surface area contributed by atoms with Crippen LogP contribution in [0.4, 0.5) is 5.69 Å². The maximum atomic E-state index is 4.34. The Morgan fingerprint density at radius 1 is 1.64 bits per heavy atom. The molecule has 0 saturated carbocycles. The molecule has 1 aliphatic rings. The summed E-state index contributed by atoms with van der Waals surface area (Å²) in [6.45, 7) is 1.07. The highest BCUT2D eigenvalue weighted by atomic mass is 127. The Bertz CT molecular complexity index is 287. The summed E-state index contributed by atoms with van der Waals surface area (Å²) in [5.41, 5.74) is 2.37. The molecule has 0 N–H and O–H groups in total. The van der Waals surface area contributed by atoms with Crippen molar-refractivity contribution >= 4 is 28.3 Å². The third-order valence-corrected chi connectivity index (χ3v) is 2.43. The van der Waals surface area contributed by atoms with E-state index in [4.69, 9.17) is 0 Å². The standard InChI is InChI=1S/C7H8IN3/c1-11-3-2-5-6(11)4-9-7(8)10-5/h4H,2-3H2,1H3. The first-order valence-corrected chi connectivity index (χ1v) is 4.58. The molecular weight excluding hydrogens is 253 g/mol. The van der Waals surface area contributed by atoms with E-state index in [-0.39, 0.29) is 0 Å². The Hall–Kier alpha value is -0.390. The van der Waals surface area contributed by atoms with E-state index in [0.717, 1.165) is 16.8 Å². The van der Waals surface area contributed by atoms with Gasteiger partial charge in [0.05, 0.1) is 17.6 Å². The lowest BCUT2D eigenvalue weighted by Gasteiger charge is -2.09. The van der Waals surface area contributed by atoms with Crippen molar-refractivity contribution in [3.8, 4) is 0 Å². The van der Waals surface area contributed by atoms with Gasteiger partial charge < -0.3 is 4.90 Å². The van der Waals surface area contributed by atoms with E-state index >= 15 is 0 Å². The topological polar surface area (TPSA) is 29.0 Å². The number of rotatable bonds is 0. The zero-order chi connectivity index (χ0) is 7.84. The first kappa shape index (κ1) is 7.27. The monoisotopic (exact) mass is 261 g/mol. The van der Waals surface area contributed by atoms with Gasteiger partial charge in [-0.1, -0.05) is 0 Å². The molecule has 0 spiro atoms. The number of likely N-dealkylation sites (N-methyl/N-ethyl adjacent to an activating group) is 1. The van der Waals surface area contributed by atoms with Crippen molar-refractivity contribution in [3.05, 3.63) is 15.7 Å². The van der Waals surface area contributed by atoms with Crippen LogP contribution in [0.1, 0.15) is 5.69 Å². The summed E-state index contributed by atoms with van der Waals surface area (Å²) in [7, 11) is 2.07. The van der Waals surface area contributed by atoms with Crippen molar-refractivity contribution in [2.24, 2.45) is 0 Å². The minimum absolute atomic E-state index is 0.844. The van der Waals surface area contributed by atoms with Gasteiger partial charge in [0, 0.05) is 42.6 Å². The van der Waals surface area contributed by atoms with E-state index in [1.54, 1.807) is 0 Å². The lowest BCUT2D eigenvalue weighted by Crippen LogP contribution is -2.12. The minimum atomic E-state index is 0.844. The fraction of sp³-hybridized carbons (Fsp3) is 0.429. The molecule has 0 amide bonds. The SMILES string of the molecule is CN1CCc2nc(I)ncc21. The number of anilines is 1. The van der Waals surface area contributed by atoms with E-state index in [1.165, 1.54) is 11.4 Å². The van der Waals surface area contributed by atoms with E-state index in [9.17, 15) is 0 Å². The molecule has 1 aromatic rings. The van der Waals surface area contributed by atoms with Crippen LogP contribution in [0, 0.1) is 3.83 Å². The minimum Gasteiger partial charge on any atom is -0.371 e. The molecule has 11 heavy (non-hydrogen) atoms. The fourth-order valence-corrected chi connectivity index (χ4v) is 1.71. The summed E-state index contributed by atoms with van der Waals surface area (Å²) in [4.78, 5) is 10.7. The summed E-state index contributed by atoms with van der Waals surface area (Å²) in [5, 5.41) is 0. The number of hydrogen-bond acceptors (Lipinski definition) is 3. The average Bonchev–Trinajstić information content (AvgIpc) is 2.32. The van der Waals surface area contributed by atoms with Crippen molar-refractivity contribution in [3.63, 3.8) is 0 Å². The van der Waals surface area contributed by atoms with Crippen molar-refractivity contribution in [1.29, 1.82) is 0 Å². The Kier molecular flexibility index (Phi) is 1.71. The first-order valence-electron chi connectivity index (χ1n) is 3.50. The van der Waals surface area contributed by atoms with Gasteiger partial charge in [0.25, 0.3) is 0 Å². The fourth-order valence-electron chi connectivity index (χ4n) is 1.28. The molecule has 58 valence electrons. The quantitative estimate of drug-likeness (QED) is 0.516. The third-order valence-electron chi connectivity index (χ3n) is 1.91. The van der Waals surface area contributed by atoms with E-state index in [2.05, 4.69) is 44.5 Å². The third kappa shape index (κ3) is 1.19. The van der Waals surface area contributed by atoms with Crippen LogP contribution in [-0.2, 0) is 6.42 Å². The van der Waals surface area contributed by atoms with Gasteiger partial charge in [-0.25, -0.2) is 9.97 Å². The molecule has 0 bridgehead atoms. The molecule has 1 aromatic heterocycles. The van der Waals surface area contributed by atoms with E-state index < -0.39 is 0 Å². The molecule has 0 saturated heterocycles. The van der Waals surface area contributed by atoms with Gasteiger partial charge in [0.15, 0.2) is 3.83 Å². The highest BCUT2D eigenvalue weighted by molar-refractivity contribution is 14.1. The molecule has 0 unspecified atom stereocenters. The van der Waals surface area contributed by atoms with Crippen molar-refractivity contribution in [2.75, 3.05) is 18.5 Å². The smallest absolute Gasteiger partial charge is 0.191 e. The molecule has 0 fully saturated rings. The van der Waals surface area contributed by atoms with Crippen LogP contribution in [0.5, 0.6) is 0 Å². The second kappa shape index (κ2) is 2.58. The van der Waals surface area contributed by atoms with Gasteiger partial charge >= 0.3 is 0 Å². The molecule has 2 rings (SSSR count). The maximum absolute atomic E-state index is 4.34. The molecule has 0 radical (unpaired) electrons. The van der Waals surface area contributed by atoms with Crippen LogP contribution in [-0.4, -0.2) is 23.6 Å². The van der Waals surface area contributed by atoms with Crippen LogP contribution < -0.4 is 4.90 Å². The van der Waals surface area contributed by atoms with Crippen LogP contribution in [0.15, 0.2) is 6.20 Å². The van der Waals surface area contributed by atoms with Gasteiger partial charge in [0.2, 0.25) is 0 Å². The van der Waals surface area contributed by atoms with Gasteiger partial charge in [-0.15, -0.1) is 0 Å². The number of hydrogen-bond donors (Lipinski definition) is 0. The molecule has 3 nitrogen and oxygen atoms in total. The van der Waals surface area contributed by atoms with E-state index in [1.807, 2.05) is 6.20 Å². The van der Waals surface area contributed by atoms with Crippen LogP contribution in [0.25, 0.3) is 0 Å². The van der Waals surface area contributed by atoms with Gasteiger partial charge in [-0.2, -0.15) is 0 Å². The maximum Gasteiger partial charge on any atom is 0.191 e. The van der Waals surface area contributed by atoms with Crippen molar-refractivity contribution in [1.82, 2.24) is 9.97 Å². The molecule has 0 atom stereocenters. The molecular formula is C7H8IN3. The zero-order valence-corrected chi connectivity index (χ0v) is 8.37. The summed E-state index contributed by atoms with van der Waals surface area (Å²) < 4.78 is 0.844. The largest absolute Gasteiger partial charge is 0.371 e. The first-order chi connectivity index (χ1) is 5.27. The van der Waals surface area contributed by atoms with Crippen LogP contribution in [0.3, 0.4) is 0 Å². The number of nitrogens with zero attached hydrogens (tertiary/aromatic N) is 3. The average molecular weight is 261 g/mol. The summed E-state index contributed by atoms with van der Waals surface area (Å²) in [6.07, 6.45) is 2.96. The normalized spacial score (nSPS) is 15.3. The van der Waals surface area contributed by atoms with E-state index in [0.29, 0.717) is 0 Å². The van der Waals surface area contributed by atoms with Crippen molar-refractivity contribution < 1.29 is 0 Å². The predicted molar refractivity (Wildman–Crippen MR) is 51.7 cm³/mol.